The number of pyridine rings is 1. The van der Waals surface area contributed by atoms with Crippen molar-refractivity contribution in [1.29, 1.82) is 0 Å². The van der Waals surface area contributed by atoms with E-state index < -0.39 is 5.91 Å². The largest absolute Gasteiger partial charge is 0.481 e. The second kappa shape index (κ2) is 6.71. The number of hydrogen-bond donors (Lipinski definition) is 1. The molecule has 27 heavy (non-hydrogen) atoms. The average Bonchev–Trinajstić information content (AvgIpc) is 3.00. The molecular weight excluding hydrogens is 346 g/mol. The van der Waals surface area contributed by atoms with Gasteiger partial charge in [-0.2, -0.15) is 0 Å². The van der Waals surface area contributed by atoms with Crippen LogP contribution >= 0.6 is 0 Å². The molecule has 0 radical (unpaired) electrons. The lowest BCUT2D eigenvalue weighted by Gasteiger charge is -2.21. The van der Waals surface area contributed by atoms with Gasteiger partial charge in [-0.25, -0.2) is 9.97 Å². The Balaban J connectivity index is 1.63. The van der Waals surface area contributed by atoms with Gasteiger partial charge in [-0.3, -0.25) is 9.59 Å². The molecule has 1 aliphatic rings. The van der Waals surface area contributed by atoms with Crippen LogP contribution in [-0.4, -0.2) is 51.4 Å². The first kappa shape index (κ1) is 17.0. The number of nitrogens with zero attached hydrogens (tertiary/aromatic N) is 4. The molecule has 0 bridgehead atoms. The SMILES string of the molecule is COc1cc(C(=O)N2CCc3nc(C(N)=O)cn3CC2)c2ccccc2n1. The van der Waals surface area contributed by atoms with Crippen molar-refractivity contribution >= 4 is 22.7 Å². The van der Waals surface area contributed by atoms with Gasteiger partial charge >= 0.3 is 0 Å². The molecule has 0 unspecified atom stereocenters. The maximum atomic E-state index is 13.2. The molecule has 2 amide bonds. The summed E-state index contributed by atoms with van der Waals surface area (Å²) in [5.74, 6) is 0.550. The summed E-state index contributed by atoms with van der Waals surface area (Å²) >= 11 is 0. The highest BCUT2D eigenvalue weighted by Gasteiger charge is 2.24. The van der Waals surface area contributed by atoms with Crippen molar-refractivity contribution in [3.63, 3.8) is 0 Å². The number of para-hydroxylation sites is 1. The van der Waals surface area contributed by atoms with Gasteiger partial charge in [0, 0.05) is 43.7 Å². The number of rotatable bonds is 3. The van der Waals surface area contributed by atoms with Crippen LogP contribution < -0.4 is 10.5 Å². The molecule has 0 fully saturated rings. The van der Waals surface area contributed by atoms with E-state index in [0.29, 0.717) is 43.0 Å². The number of benzene rings is 1. The van der Waals surface area contributed by atoms with Crippen molar-refractivity contribution in [2.24, 2.45) is 5.73 Å². The van der Waals surface area contributed by atoms with Gasteiger partial charge in [0.15, 0.2) is 0 Å². The fraction of sp³-hybridized carbons (Fsp3) is 0.263. The maximum absolute atomic E-state index is 13.2. The van der Waals surface area contributed by atoms with E-state index in [0.717, 1.165) is 11.2 Å². The molecule has 8 heteroatoms. The van der Waals surface area contributed by atoms with Crippen LogP contribution in [0.5, 0.6) is 5.88 Å². The molecule has 3 aromatic rings. The molecule has 0 aliphatic carbocycles. The van der Waals surface area contributed by atoms with Crippen LogP contribution in [0.4, 0.5) is 0 Å². The first-order valence-electron chi connectivity index (χ1n) is 8.65. The molecule has 0 spiro atoms. The minimum absolute atomic E-state index is 0.0761. The van der Waals surface area contributed by atoms with E-state index in [2.05, 4.69) is 9.97 Å². The van der Waals surface area contributed by atoms with Crippen LogP contribution in [0.2, 0.25) is 0 Å². The van der Waals surface area contributed by atoms with E-state index in [-0.39, 0.29) is 11.6 Å². The first-order chi connectivity index (χ1) is 13.1. The van der Waals surface area contributed by atoms with Crippen LogP contribution in [0.1, 0.15) is 26.7 Å². The number of fused-ring (bicyclic) bond motifs is 2. The Morgan fingerprint density at radius 3 is 2.74 bits per heavy atom. The van der Waals surface area contributed by atoms with Crippen molar-refractivity contribution in [1.82, 2.24) is 19.4 Å². The molecular formula is C19H19N5O3. The molecule has 1 aliphatic heterocycles. The van der Waals surface area contributed by atoms with Crippen LogP contribution in [0.25, 0.3) is 10.9 Å². The quantitative estimate of drug-likeness (QED) is 0.752. The average molecular weight is 365 g/mol. The number of methoxy groups -OCH3 is 1. The number of amides is 2. The van der Waals surface area contributed by atoms with E-state index in [1.165, 1.54) is 7.11 Å². The van der Waals surface area contributed by atoms with Crippen molar-refractivity contribution in [2.75, 3.05) is 20.2 Å². The highest BCUT2D eigenvalue weighted by atomic mass is 16.5. The zero-order valence-corrected chi connectivity index (χ0v) is 14.9. The predicted octanol–water partition coefficient (Wildman–Crippen LogP) is 1.24. The van der Waals surface area contributed by atoms with Gasteiger partial charge in [-0.15, -0.1) is 0 Å². The number of aromatic nitrogens is 3. The number of carbonyl (C=O) groups excluding carboxylic acids is 2. The van der Waals surface area contributed by atoms with E-state index >= 15 is 0 Å². The molecule has 8 nitrogen and oxygen atoms in total. The molecule has 138 valence electrons. The minimum Gasteiger partial charge on any atom is -0.481 e. The summed E-state index contributed by atoms with van der Waals surface area (Å²) in [5.41, 5.74) is 6.84. The Morgan fingerprint density at radius 2 is 1.96 bits per heavy atom. The summed E-state index contributed by atoms with van der Waals surface area (Å²) in [5, 5.41) is 0.793. The lowest BCUT2D eigenvalue weighted by molar-refractivity contribution is 0.0760. The maximum Gasteiger partial charge on any atom is 0.268 e. The monoisotopic (exact) mass is 365 g/mol. The molecule has 1 aromatic carbocycles. The van der Waals surface area contributed by atoms with Crippen molar-refractivity contribution in [3.05, 3.63) is 53.6 Å². The number of nitrogens with two attached hydrogens (primary N) is 1. The van der Waals surface area contributed by atoms with Gasteiger partial charge < -0.3 is 19.9 Å². The highest BCUT2D eigenvalue weighted by molar-refractivity contribution is 6.06. The fourth-order valence-corrected chi connectivity index (χ4v) is 3.35. The van der Waals surface area contributed by atoms with Gasteiger partial charge in [0.1, 0.15) is 11.5 Å². The topological polar surface area (TPSA) is 103 Å². The lowest BCUT2D eigenvalue weighted by atomic mass is 10.1. The smallest absolute Gasteiger partial charge is 0.268 e. The highest BCUT2D eigenvalue weighted by Crippen LogP contribution is 2.24. The predicted molar refractivity (Wildman–Crippen MR) is 98.6 cm³/mol. The zero-order valence-electron chi connectivity index (χ0n) is 14.9. The van der Waals surface area contributed by atoms with E-state index in [1.54, 1.807) is 17.2 Å². The number of carbonyl (C=O) groups is 2. The van der Waals surface area contributed by atoms with Crippen molar-refractivity contribution < 1.29 is 14.3 Å². The van der Waals surface area contributed by atoms with Crippen molar-refractivity contribution in [3.8, 4) is 5.88 Å². The molecule has 0 saturated heterocycles. The Morgan fingerprint density at radius 1 is 1.15 bits per heavy atom. The third-order valence-corrected chi connectivity index (χ3v) is 4.75. The molecule has 2 N–H and O–H groups in total. The van der Waals surface area contributed by atoms with Gasteiger partial charge in [-0.05, 0) is 6.07 Å². The fourth-order valence-electron chi connectivity index (χ4n) is 3.35. The van der Waals surface area contributed by atoms with E-state index in [9.17, 15) is 9.59 Å². The summed E-state index contributed by atoms with van der Waals surface area (Å²) in [4.78, 5) is 35.0. The number of hydrogen-bond acceptors (Lipinski definition) is 5. The Bertz CT molecular complexity index is 1020. The molecule has 2 aromatic heterocycles. The first-order valence-corrected chi connectivity index (χ1v) is 8.65. The second-order valence-corrected chi connectivity index (χ2v) is 6.37. The number of imidazole rings is 1. The van der Waals surface area contributed by atoms with Crippen LogP contribution in [0.3, 0.4) is 0 Å². The summed E-state index contributed by atoms with van der Waals surface area (Å²) in [7, 11) is 1.53. The summed E-state index contributed by atoms with van der Waals surface area (Å²) in [6.07, 6.45) is 2.20. The lowest BCUT2D eigenvalue weighted by Crippen LogP contribution is -2.34. The number of ether oxygens (including phenoxy) is 1. The van der Waals surface area contributed by atoms with Crippen LogP contribution in [-0.2, 0) is 13.0 Å². The third-order valence-electron chi connectivity index (χ3n) is 4.75. The van der Waals surface area contributed by atoms with Crippen LogP contribution in [0, 0.1) is 0 Å². The zero-order chi connectivity index (χ0) is 19.0. The van der Waals surface area contributed by atoms with Gasteiger partial charge in [-0.1, -0.05) is 18.2 Å². The standard InChI is InChI=1S/C19H19N5O3/c1-27-17-10-13(12-4-2-3-5-14(12)22-17)19(26)23-7-6-16-21-15(18(20)25)11-24(16)9-8-23/h2-5,10-11H,6-9H2,1H3,(H2,20,25). The van der Waals surface area contributed by atoms with Gasteiger partial charge in [0.2, 0.25) is 5.88 Å². The molecule has 0 atom stereocenters. The van der Waals surface area contributed by atoms with E-state index in [4.69, 9.17) is 10.5 Å². The minimum atomic E-state index is -0.543. The number of primary amides is 1. The molecule has 0 saturated carbocycles. The second-order valence-electron chi connectivity index (χ2n) is 6.37. The van der Waals surface area contributed by atoms with Crippen LogP contribution in [0.15, 0.2) is 36.5 Å². The Kier molecular flexibility index (Phi) is 4.23. The summed E-state index contributed by atoms with van der Waals surface area (Å²) in [6.45, 7) is 1.58. The molecule has 4 rings (SSSR count). The Labute approximate surface area is 155 Å². The van der Waals surface area contributed by atoms with Crippen molar-refractivity contribution in [2.45, 2.75) is 13.0 Å². The third kappa shape index (κ3) is 3.10. The van der Waals surface area contributed by atoms with Gasteiger partial charge in [0.05, 0.1) is 18.2 Å². The van der Waals surface area contributed by atoms with E-state index in [1.807, 2.05) is 28.8 Å². The summed E-state index contributed by atoms with van der Waals surface area (Å²) in [6, 6.07) is 9.19. The normalized spacial score (nSPS) is 13.9. The Hall–Kier alpha value is -3.42. The summed E-state index contributed by atoms with van der Waals surface area (Å²) < 4.78 is 7.15. The van der Waals surface area contributed by atoms with Gasteiger partial charge in [0.25, 0.3) is 11.8 Å². The molecule has 3 heterocycles.